The summed E-state index contributed by atoms with van der Waals surface area (Å²) in [5.74, 6) is -1.33. The molecule has 1 amide bonds. The molecule has 2 aromatic rings. The van der Waals surface area contributed by atoms with E-state index in [4.69, 9.17) is 9.47 Å². The first kappa shape index (κ1) is 22.6. The van der Waals surface area contributed by atoms with Crippen molar-refractivity contribution >= 4 is 27.6 Å². The van der Waals surface area contributed by atoms with Crippen molar-refractivity contribution < 1.29 is 32.6 Å². The number of hydrogen-bond acceptors (Lipinski definition) is 7. The maximum Gasteiger partial charge on any atom is 0.338 e. The summed E-state index contributed by atoms with van der Waals surface area (Å²) in [5, 5.41) is 11.9. The predicted octanol–water partition coefficient (Wildman–Crippen LogP) is 2.37. The average Bonchev–Trinajstić information content (AvgIpc) is 2.78. The van der Waals surface area contributed by atoms with Gasteiger partial charge in [0.25, 0.3) is 5.91 Å². The van der Waals surface area contributed by atoms with Crippen molar-refractivity contribution in [2.24, 2.45) is 0 Å². The van der Waals surface area contributed by atoms with Crippen molar-refractivity contribution in [3.05, 3.63) is 48.0 Å². The molecule has 2 N–H and O–H groups in total. The summed E-state index contributed by atoms with van der Waals surface area (Å²) in [6, 6.07) is 9.85. The lowest BCUT2D eigenvalue weighted by Gasteiger charge is -2.26. The van der Waals surface area contributed by atoms with E-state index in [-0.39, 0.29) is 27.6 Å². The highest BCUT2D eigenvalue weighted by atomic mass is 32.2. The molecule has 9 nitrogen and oxygen atoms in total. The second-order valence-corrected chi connectivity index (χ2v) is 8.91. The van der Waals surface area contributed by atoms with E-state index in [0.717, 1.165) is 19.3 Å². The van der Waals surface area contributed by atoms with Gasteiger partial charge in [0.05, 0.1) is 12.7 Å². The van der Waals surface area contributed by atoms with Gasteiger partial charge < -0.3 is 19.9 Å². The molecule has 166 valence electrons. The van der Waals surface area contributed by atoms with Crippen LogP contribution >= 0.6 is 0 Å². The van der Waals surface area contributed by atoms with Gasteiger partial charge in [0, 0.05) is 18.8 Å². The number of methoxy groups -OCH3 is 1. The first-order chi connectivity index (χ1) is 14.8. The standard InChI is InChI=1S/C21H24N2O7S/c1-29-18-9-8-16(13-19(18)31(27,28)23-10-3-2-4-11-23)22-20(25)14-30-21(26)15-6-5-7-17(24)12-15/h5-9,12-13,24H,2-4,10-11,14H2,1H3,(H,22,25). The Balaban J connectivity index is 1.69. The van der Waals surface area contributed by atoms with E-state index in [9.17, 15) is 23.1 Å². The lowest BCUT2D eigenvalue weighted by atomic mass is 10.2. The van der Waals surface area contributed by atoms with Crippen LogP contribution in [0.3, 0.4) is 0 Å². The number of ether oxygens (including phenoxy) is 2. The zero-order chi connectivity index (χ0) is 22.4. The maximum absolute atomic E-state index is 13.0. The normalized spacial score (nSPS) is 14.6. The van der Waals surface area contributed by atoms with Crippen molar-refractivity contribution in [3.63, 3.8) is 0 Å². The number of sulfonamides is 1. The van der Waals surface area contributed by atoms with Gasteiger partial charge in [-0.25, -0.2) is 13.2 Å². The molecule has 0 aromatic heterocycles. The molecular formula is C21H24N2O7S. The van der Waals surface area contributed by atoms with Gasteiger partial charge in [-0.1, -0.05) is 12.5 Å². The van der Waals surface area contributed by atoms with Crippen molar-refractivity contribution in [2.45, 2.75) is 24.2 Å². The third kappa shape index (κ3) is 5.53. The van der Waals surface area contributed by atoms with Crippen LogP contribution in [0.4, 0.5) is 5.69 Å². The Labute approximate surface area is 180 Å². The third-order valence-electron chi connectivity index (χ3n) is 4.80. The number of phenols is 1. The Kier molecular flexibility index (Phi) is 7.13. The molecule has 0 aliphatic carbocycles. The van der Waals surface area contributed by atoms with Crippen molar-refractivity contribution in [1.29, 1.82) is 0 Å². The second kappa shape index (κ2) is 9.80. The number of aromatic hydroxyl groups is 1. The molecule has 10 heteroatoms. The molecule has 0 bridgehead atoms. The van der Waals surface area contributed by atoms with Gasteiger partial charge in [0.15, 0.2) is 6.61 Å². The van der Waals surface area contributed by atoms with Gasteiger partial charge in [-0.3, -0.25) is 4.79 Å². The van der Waals surface area contributed by atoms with Crippen LogP contribution in [0.2, 0.25) is 0 Å². The van der Waals surface area contributed by atoms with Gasteiger partial charge in [-0.15, -0.1) is 0 Å². The Morgan fingerprint density at radius 1 is 1.10 bits per heavy atom. The molecule has 1 saturated heterocycles. The number of nitrogens with zero attached hydrogens (tertiary/aromatic N) is 1. The van der Waals surface area contributed by atoms with Crippen LogP contribution in [0.1, 0.15) is 29.6 Å². The van der Waals surface area contributed by atoms with Gasteiger partial charge >= 0.3 is 5.97 Å². The number of phenolic OH excluding ortho intramolecular Hbond substituents is 1. The van der Waals surface area contributed by atoms with E-state index in [2.05, 4.69) is 5.32 Å². The van der Waals surface area contributed by atoms with Crippen LogP contribution in [0, 0.1) is 0 Å². The summed E-state index contributed by atoms with van der Waals surface area (Å²) in [7, 11) is -2.40. The van der Waals surface area contributed by atoms with Crippen LogP contribution in [-0.2, 0) is 19.6 Å². The molecule has 1 aliphatic rings. The second-order valence-electron chi connectivity index (χ2n) is 7.01. The van der Waals surface area contributed by atoms with Crippen molar-refractivity contribution in [3.8, 4) is 11.5 Å². The summed E-state index contributed by atoms with van der Waals surface area (Å²) < 4.78 is 37.7. The Morgan fingerprint density at radius 3 is 2.52 bits per heavy atom. The van der Waals surface area contributed by atoms with Crippen LogP contribution in [0.25, 0.3) is 0 Å². The zero-order valence-electron chi connectivity index (χ0n) is 17.0. The van der Waals surface area contributed by atoms with Crippen molar-refractivity contribution in [2.75, 3.05) is 32.1 Å². The molecule has 1 heterocycles. The highest BCUT2D eigenvalue weighted by Crippen LogP contribution is 2.31. The monoisotopic (exact) mass is 448 g/mol. The highest BCUT2D eigenvalue weighted by Gasteiger charge is 2.29. The van der Waals surface area contributed by atoms with Gasteiger partial charge in [-0.2, -0.15) is 4.31 Å². The maximum atomic E-state index is 13.0. The summed E-state index contributed by atoms with van der Waals surface area (Å²) in [5.41, 5.74) is 0.335. The van der Waals surface area contributed by atoms with E-state index in [1.807, 2.05) is 0 Å². The van der Waals surface area contributed by atoms with Gasteiger partial charge in [0.1, 0.15) is 16.4 Å². The fourth-order valence-electron chi connectivity index (χ4n) is 3.24. The summed E-state index contributed by atoms with van der Waals surface area (Å²) >= 11 is 0. The molecule has 0 radical (unpaired) electrons. The number of rotatable bonds is 7. The number of hydrogen-bond donors (Lipinski definition) is 2. The number of carbonyl (C=O) groups is 2. The molecule has 0 spiro atoms. The lowest BCUT2D eigenvalue weighted by molar-refractivity contribution is -0.119. The third-order valence-corrected chi connectivity index (χ3v) is 6.72. The minimum Gasteiger partial charge on any atom is -0.508 e. The van der Waals surface area contributed by atoms with E-state index in [1.54, 1.807) is 0 Å². The quantitative estimate of drug-likeness (QED) is 0.624. The topological polar surface area (TPSA) is 122 Å². The SMILES string of the molecule is COc1ccc(NC(=O)COC(=O)c2cccc(O)c2)cc1S(=O)(=O)N1CCCCC1. The fourth-order valence-corrected chi connectivity index (χ4v) is 4.94. The molecule has 1 aliphatic heterocycles. The molecule has 0 saturated carbocycles. The number of nitrogens with one attached hydrogen (secondary N) is 1. The smallest absolute Gasteiger partial charge is 0.338 e. The molecule has 0 unspecified atom stereocenters. The number of carbonyl (C=O) groups excluding carboxylic acids is 2. The number of piperidine rings is 1. The van der Waals surface area contributed by atoms with E-state index < -0.39 is 28.5 Å². The van der Waals surface area contributed by atoms with E-state index in [1.165, 1.54) is 53.9 Å². The van der Waals surface area contributed by atoms with Crippen molar-refractivity contribution in [1.82, 2.24) is 4.31 Å². The Hall–Kier alpha value is -3.11. The van der Waals surface area contributed by atoms with E-state index >= 15 is 0 Å². The fraction of sp³-hybridized carbons (Fsp3) is 0.333. The number of benzene rings is 2. The van der Waals surface area contributed by atoms with Crippen LogP contribution in [0.15, 0.2) is 47.4 Å². The minimum absolute atomic E-state index is 0.0357. The number of amides is 1. The zero-order valence-corrected chi connectivity index (χ0v) is 17.9. The Morgan fingerprint density at radius 2 is 1.84 bits per heavy atom. The first-order valence-electron chi connectivity index (χ1n) is 9.75. The molecule has 31 heavy (non-hydrogen) atoms. The summed E-state index contributed by atoms with van der Waals surface area (Å²) in [6.07, 6.45) is 2.58. The molecule has 0 atom stereocenters. The largest absolute Gasteiger partial charge is 0.508 e. The average molecular weight is 448 g/mol. The molecule has 2 aromatic carbocycles. The lowest BCUT2D eigenvalue weighted by Crippen LogP contribution is -2.35. The predicted molar refractivity (Wildman–Crippen MR) is 113 cm³/mol. The molecule has 1 fully saturated rings. The Bertz CT molecular complexity index is 1060. The molecule has 3 rings (SSSR count). The summed E-state index contributed by atoms with van der Waals surface area (Å²) in [6.45, 7) is 0.300. The van der Waals surface area contributed by atoms with Crippen LogP contribution in [0.5, 0.6) is 11.5 Å². The highest BCUT2D eigenvalue weighted by molar-refractivity contribution is 7.89. The number of anilines is 1. The summed E-state index contributed by atoms with van der Waals surface area (Å²) in [4.78, 5) is 24.2. The molecular weight excluding hydrogens is 424 g/mol. The first-order valence-corrected chi connectivity index (χ1v) is 11.2. The van der Waals surface area contributed by atoms with Crippen LogP contribution < -0.4 is 10.1 Å². The minimum atomic E-state index is -3.78. The van der Waals surface area contributed by atoms with Gasteiger partial charge in [0.2, 0.25) is 10.0 Å². The van der Waals surface area contributed by atoms with Crippen LogP contribution in [-0.4, -0.2) is 56.5 Å². The number of esters is 1. The van der Waals surface area contributed by atoms with E-state index in [0.29, 0.717) is 13.1 Å². The van der Waals surface area contributed by atoms with Gasteiger partial charge in [-0.05, 0) is 49.2 Å².